The van der Waals surface area contributed by atoms with E-state index >= 15 is 0 Å². The lowest BCUT2D eigenvalue weighted by Gasteiger charge is -2.47. The highest BCUT2D eigenvalue weighted by atomic mass is 16.2. The first kappa shape index (κ1) is 17.8. The van der Waals surface area contributed by atoms with Crippen molar-refractivity contribution in [2.24, 2.45) is 11.8 Å². The number of rotatable bonds is 3. The minimum atomic E-state index is -0.340. The van der Waals surface area contributed by atoms with Gasteiger partial charge < -0.3 is 15.1 Å². The molecule has 142 valence electrons. The molecule has 1 aromatic rings. The Kier molecular flexibility index (Phi) is 4.96. The average Bonchev–Trinajstić information content (AvgIpc) is 2.99. The van der Waals surface area contributed by atoms with Crippen LogP contribution in [0, 0.1) is 11.8 Å². The molecule has 1 N–H and O–H groups in total. The maximum absolute atomic E-state index is 12.8. The van der Waals surface area contributed by atoms with Crippen LogP contribution in [-0.2, 0) is 4.79 Å². The van der Waals surface area contributed by atoms with Crippen LogP contribution in [0.4, 0.5) is 5.69 Å². The first-order valence-electron chi connectivity index (χ1n) is 10.5. The van der Waals surface area contributed by atoms with Gasteiger partial charge in [-0.2, -0.15) is 0 Å². The molecule has 2 saturated heterocycles. The van der Waals surface area contributed by atoms with Gasteiger partial charge >= 0.3 is 0 Å². The third-order valence-electron chi connectivity index (χ3n) is 7.23. The van der Waals surface area contributed by atoms with Crippen LogP contribution < -0.4 is 10.2 Å². The molecule has 0 aromatic heterocycles. The van der Waals surface area contributed by atoms with Crippen LogP contribution in [0.1, 0.15) is 52.4 Å². The molecule has 1 aromatic carbocycles. The summed E-state index contributed by atoms with van der Waals surface area (Å²) in [5.41, 5.74) is 0.823. The Morgan fingerprint density at radius 2 is 1.69 bits per heavy atom. The largest absolute Gasteiger partial charge is 0.339 e. The second kappa shape index (κ2) is 7.22. The van der Waals surface area contributed by atoms with Gasteiger partial charge in [-0.25, -0.2) is 0 Å². The molecule has 4 heteroatoms. The van der Waals surface area contributed by atoms with Crippen LogP contribution in [0.2, 0.25) is 0 Å². The van der Waals surface area contributed by atoms with Crippen LogP contribution >= 0.6 is 0 Å². The zero-order chi connectivity index (χ0) is 18.1. The fraction of sp³-hybridized carbons (Fsp3) is 0.682. The van der Waals surface area contributed by atoms with Gasteiger partial charge in [0.05, 0.1) is 6.67 Å². The van der Waals surface area contributed by atoms with E-state index in [-0.39, 0.29) is 11.4 Å². The fourth-order valence-electron chi connectivity index (χ4n) is 5.43. The summed E-state index contributed by atoms with van der Waals surface area (Å²) in [6.07, 6.45) is 7.31. The number of benzene rings is 1. The van der Waals surface area contributed by atoms with E-state index in [1.165, 1.54) is 25.7 Å². The van der Waals surface area contributed by atoms with Crippen molar-refractivity contribution < 1.29 is 4.79 Å². The maximum atomic E-state index is 12.8. The minimum absolute atomic E-state index is 0.226. The van der Waals surface area contributed by atoms with Crippen molar-refractivity contribution in [2.75, 3.05) is 24.7 Å². The Labute approximate surface area is 157 Å². The van der Waals surface area contributed by atoms with Crippen LogP contribution in [-0.4, -0.2) is 42.1 Å². The van der Waals surface area contributed by atoms with E-state index in [1.807, 2.05) is 6.07 Å². The maximum Gasteiger partial charge on any atom is 0.247 e. The topological polar surface area (TPSA) is 35.6 Å². The predicted octanol–water partition coefficient (Wildman–Crippen LogP) is 3.63. The summed E-state index contributed by atoms with van der Waals surface area (Å²) in [6, 6.07) is 11.2. The minimum Gasteiger partial charge on any atom is -0.339 e. The van der Waals surface area contributed by atoms with Crippen molar-refractivity contribution in [3.05, 3.63) is 30.3 Å². The van der Waals surface area contributed by atoms with Gasteiger partial charge in [0.1, 0.15) is 5.54 Å². The lowest BCUT2D eigenvalue weighted by atomic mass is 9.78. The number of carbonyl (C=O) groups is 1. The molecule has 1 amide bonds. The standard InChI is InChI=1S/C22H33N3O/c1-17(2)18-8-10-19(11-9-18)24-14-12-22(13-15-24)21(26)23-16-25(22)20-6-4-3-5-7-20/h3-7,17-19H,8-16H2,1-2H3,(H,23,26)/t18-,19-. The van der Waals surface area contributed by atoms with E-state index in [0.29, 0.717) is 6.67 Å². The Bertz CT molecular complexity index is 614. The summed E-state index contributed by atoms with van der Waals surface area (Å²) in [4.78, 5) is 17.7. The Morgan fingerprint density at radius 3 is 2.31 bits per heavy atom. The van der Waals surface area contributed by atoms with Crippen LogP contribution in [0.3, 0.4) is 0 Å². The molecule has 1 spiro atoms. The number of hydrogen-bond acceptors (Lipinski definition) is 3. The number of para-hydroxylation sites is 1. The Balaban J connectivity index is 1.41. The molecule has 2 aliphatic heterocycles. The lowest BCUT2D eigenvalue weighted by molar-refractivity contribution is -0.125. The van der Waals surface area contributed by atoms with Crippen molar-refractivity contribution >= 4 is 11.6 Å². The Hall–Kier alpha value is -1.55. The molecule has 3 aliphatic rings. The van der Waals surface area contributed by atoms with Crippen molar-refractivity contribution in [3.8, 4) is 0 Å². The predicted molar refractivity (Wildman–Crippen MR) is 106 cm³/mol. The quantitative estimate of drug-likeness (QED) is 0.899. The third kappa shape index (κ3) is 3.13. The number of hydrogen-bond donors (Lipinski definition) is 1. The van der Waals surface area contributed by atoms with Gasteiger partial charge in [-0.3, -0.25) is 4.79 Å². The summed E-state index contributed by atoms with van der Waals surface area (Å²) >= 11 is 0. The zero-order valence-electron chi connectivity index (χ0n) is 16.3. The van der Waals surface area contributed by atoms with Gasteiger partial charge in [0.15, 0.2) is 0 Å². The summed E-state index contributed by atoms with van der Waals surface area (Å²) in [7, 11) is 0. The molecule has 0 atom stereocenters. The van der Waals surface area contributed by atoms with E-state index in [2.05, 4.69) is 53.2 Å². The molecule has 0 radical (unpaired) electrons. The van der Waals surface area contributed by atoms with E-state index in [0.717, 1.165) is 49.5 Å². The third-order valence-corrected chi connectivity index (χ3v) is 7.23. The monoisotopic (exact) mass is 355 g/mol. The highest BCUT2D eigenvalue weighted by molar-refractivity contribution is 5.93. The first-order valence-corrected chi connectivity index (χ1v) is 10.5. The zero-order valence-corrected chi connectivity index (χ0v) is 16.3. The van der Waals surface area contributed by atoms with Gasteiger partial charge in [0, 0.05) is 24.8 Å². The number of nitrogens with zero attached hydrogens (tertiary/aromatic N) is 2. The van der Waals surface area contributed by atoms with Gasteiger partial charge in [-0.1, -0.05) is 32.0 Å². The van der Waals surface area contributed by atoms with Crippen LogP contribution in [0.25, 0.3) is 0 Å². The number of carbonyl (C=O) groups excluding carboxylic acids is 1. The van der Waals surface area contributed by atoms with Gasteiger partial charge in [-0.05, 0) is 62.5 Å². The van der Waals surface area contributed by atoms with E-state index in [1.54, 1.807) is 0 Å². The van der Waals surface area contributed by atoms with Crippen molar-refractivity contribution in [1.82, 2.24) is 10.2 Å². The molecule has 0 bridgehead atoms. The SMILES string of the molecule is CC(C)[C@H]1CC[C@H](N2CCC3(CC2)C(=O)NCN3c2ccccc2)CC1. The lowest BCUT2D eigenvalue weighted by Crippen LogP contribution is -2.58. The number of piperidine rings is 1. The van der Waals surface area contributed by atoms with E-state index in [9.17, 15) is 4.79 Å². The second-order valence-corrected chi connectivity index (χ2v) is 8.81. The van der Waals surface area contributed by atoms with E-state index < -0.39 is 0 Å². The molecule has 2 heterocycles. The summed E-state index contributed by atoms with van der Waals surface area (Å²) < 4.78 is 0. The summed E-state index contributed by atoms with van der Waals surface area (Å²) in [5.74, 6) is 1.96. The molecule has 4 nitrogen and oxygen atoms in total. The van der Waals surface area contributed by atoms with Crippen molar-refractivity contribution in [2.45, 2.75) is 64.0 Å². The van der Waals surface area contributed by atoms with Crippen molar-refractivity contribution in [3.63, 3.8) is 0 Å². The van der Waals surface area contributed by atoms with Gasteiger partial charge in [0.25, 0.3) is 0 Å². The average molecular weight is 356 g/mol. The van der Waals surface area contributed by atoms with Crippen LogP contribution in [0.5, 0.6) is 0 Å². The van der Waals surface area contributed by atoms with Crippen LogP contribution in [0.15, 0.2) is 30.3 Å². The number of anilines is 1. The molecule has 4 rings (SSSR count). The molecule has 3 fully saturated rings. The van der Waals surface area contributed by atoms with Gasteiger partial charge in [0.2, 0.25) is 5.91 Å². The fourth-order valence-corrected chi connectivity index (χ4v) is 5.43. The smallest absolute Gasteiger partial charge is 0.247 e. The molecule has 1 saturated carbocycles. The summed E-state index contributed by atoms with van der Waals surface area (Å²) in [6.45, 7) is 7.48. The van der Waals surface area contributed by atoms with Crippen molar-refractivity contribution in [1.29, 1.82) is 0 Å². The number of nitrogens with one attached hydrogen (secondary N) is 1. The van der Waals surface area contributed by atoms with E-state index in [4.69, 9.17) is 0 Å². The first-order chi connectivity index (χ1) is 12.6. The molecule has 0 unspecified atom stereocenters. The Morgan fingerprint density at radius 1 is 1.04 bits per heavy atom. The molecule has 1 aliphatic carbocycles. The highest BCUT2D eigenvalue weighted by Crippen LogP contribution is 2.39. The molecular weight excluding hydrogens is 322 g/mol. The molecule has 26 heavy (non-hydrogen) atoms. The number of amides is 1. The molecular formula is C22H33N3O. The summed E-state index contributed by atoms with van der Waals surface area (Å²) in [5, 5.41) is 3.11. The number of likely N-dealkylation sites (tertiary alicyclic amines) is 1. The highest BCUT2D eigenvalue weighted by Gasteiger charge is 2.50. The van der Waals surface area contributed by atoms with Gasteiger partial charge in [-0.15, -0.1) is 0 Å². The normalized spacial score (nSPS) is 29.3. The second-order valence-electron chi connectivity index (χ2n) is 8.81.